The van der Waals surface area contributed by atoms with Crippen LogP contribution < -0.4 is 10.6 Å². The van der Waals surface area contributed by atoms with Gasteiger partial charge in [-0.2, -0.15) is 11.8 Å². The topological polar surface area (TPSA) is 49.8 Å². The van der Waals surface area contributed by atoms with Crippen molar-refractivity contribution in [3.63, 3.8) is 0 Å². The van der Waals surface area contributed by atoms with Crippen LogP contribution in [0.2, 0.25) is 0 Å². The van der Waals surface area contributed by atoms with Gasteiger partial charge in [-0.15, -0.1) is 0 Å². The minimum absolute atomic E-state index is 0.582. The van der Waals surface area contributed by atoms with Crippen LogP contribution in [0.4, 0.5) is 11.6 Å². The first kappa shape index (κ1) is 13.1. The van der Waals surface area contributed by atoms with Crippen molar-refractivity contribution >= 4 is 23.4 Å². The van der Waals surface area contributed by atoms with Crippen LogP contribution in [0.1, 0.15) is 19.7 Å². The molecule has 1 rings (SSSR count). The molecule has 0 aliphatic rings. The summed E-state index contributed by atoms with van der Waals surface area (Å²) in [5.41, 5.74) is 0. The summed E-state index contributed by atoms with van der Waals surface area (Å²) < 4.78 is 0. The second-order valence-electron chi connectivity index (χ2n) is 3.59. The quantitative estimate of drug-likeness (QED) is 0.798. The van der Waals surface area contributed by atoms with Crippen LogP contribution in [0, 0.1) is 0 Å². The first-order chi connectivity index (χ1) is 7.69. The van der Waals surface area contributed by atoms with E-state index in [4.69, 9.17) is 0 Å². The molecule has 16 heavy (non-hydrogen) atoms. The average Bonchev–Trinajstić information content (AvgIpc) is 2.35. The smallest absolute Gasteiger partial charge is 0.132 e. The molecule has 0 aliphatic heterocycles. The van der Waals surface area contributed by atoms with Crippen molar-refractivity contribution in [1.29, 1.82) is 0 Å². The van der Waals surface area contributed by atoms with Gasteiger partial charge in [0.25, 0.3) is 0 Å². The van der Waals surface area contributed by atoms with E-state index in [1.165, 1.54) is 0 Å². The van der Waals surface area contributed by atoms with E-state index in [0.29, 0.717) is 5.25 Å². The highest BCUT2D eigenvalue weighted by molar-refractivity contribution is 7.99. The Labute approximate surface area is 102 Å². The Morgan fingerprint density at radius 3 is 2.62 bits per heavy atom. The Morgan fingerprint density at radius 2 is 2.06 bits per heavy atom. The minimum atomic E-state index is 0.582. The minimum Gasteiger partial charge on any atom is -0.373 e. The summed E-state index contributed by atoms with van der Waals surface area (Å²) in [6.07, 6.45) is 2.96. The largest absolute Gasteiger partial charge is 0.373 e. The Morgan fingerprint density at radius 1 is 1.38 bits per heavy atom. The van der Waals surface area contributed by atoms with E-state index in [1.54, 1.807) is 0 Å². The summed E-state index contributed by atoms with van der Waals surface area (Å²) in [5, 5.41) is 6.96. The molecule has 0 amide bonds. The molecular formula is C11H20N4S. The highest BCUT2D eigenvalue weighted by Crippen LogP contribution is 2.12. The Kier molecular flexibility index (Phi) is 5.38. The van der Waals surface area contributed by atoms with Crippen LogP contribution in [0.25, 0.3) is 0 Å². The zero-order chi connectivity index (χ0) is 12.0. The normalized spacial score (nSPS) is 12.2. The number of aromatic nitrogens is 2. The number of nitrogens with zero attached hydrogens (tertiary/aromatic N) is 2. The second kappa shape index (κ2) is 6.58. The van der Waals surface area contributed by atoms with E-state index < -0.39 is 0 Å². The summed E-state index contributed by atoms with van der Waals surface area (Å²) in [6.45, 7) is 5.17. The van der Waals surface area contributed by atoms with Gasteiger partial charge in [0.05, 0.1) is 0 Å². The first-order valence-corrected chi connectivity index (χ1v) is 6.80. The Hall–Kier alpha value is -0.970. The predicted octanol–water partition coefficient (Wildman–Crippen LogP) is 2.24. The standard InChI is InChI=1S/C11H20N4S/c1-5-9-14-10(12-3)6-11(15-9)13-7-8(2)16-4/h6,8H,5,7H2,1-4H3,(H2,12,13,14,15). The van der Waals surface area contributed by atoms with Gasteiger partial charge < -0.3 is 10.6 Å². The fourth-order valence-corrected chi connectivity index (χ4v) is 1.46. The molecule has 0 fully saturated rings. The molecule has 0 bridgehead atoms. The predicted molar refractivity (Wildman–Crippen MR) is 72.4 cm³/mol. The highest BCUT2D eigenvalue weighted by atomic mass is 32.2. The molecule has 4 nitrogen and oxygen atoms in total. The number of nitrogens with one attached hydrogen (secondary N) is 2. The van der Waals surface area contributed by atoms with Gasteiger partial charge in [-0.05, 0) is 6.26 Å². The fourth-order valence-electron chi connectivity index (χ4n) is 1.21. The van der Waals surface area contributed by atoms with Gasteiger partial charge in [-0.25, -0.2) is 9.97 Å². The molecule has 1 unspecified atom stereocenters. The molecule has 0 saturated heterocycles. The van der Waals surface area contributed by atoms with Crippen molar-refractivity contribution in [3.05, 3.63) is 11.9 Å². The molecule has 5 heteroatoms. The zero-order valence-electron chi connectivity index (χ0n) is 10.4. The lowest BCUT2D eigenvalue weighted by Gasteiger charge is -2.12. The van der Waals surface area contributed by atoms with E-state index in [2.05, 4.69) is 40.7 Å². The van der Waals surface area contributed by atoms with Gasteiger partial charge in [-0.3, -0.25) is 0 Å². The molecule has 1 heterocycles. The Bertz CT molecular complexity index is 308. The maximum absolute atomic E-state index is 4.43. The lowest BCUT2D eigenvalue weighted by molar-refractivity contribution is 0.924. The molecule has 90 valence electrons. The van der Waals surface area contributed by atoms with E-state index >= 15 is 0 Å². The molecule has 0 aromatic carbocycles. The first-order valence-electron chi connectivity index (χ1n) is 5.52. The number of thioether (sulfide) groups is 1. The molecule has 1 atom stereocenters. The molecule has 0 saturated carbocycles. The van der Waals surface area contributed by atoms with Crippen LogP contribution in [-0.2, 0) is 6.42 Å². The third-order valence-electron chi connectivity index (χ3n) is 2.32. The van der Waals surface area contributed by atoms with Gasteiger partial charge in [0.2, 0.25) is 0 Å². The van der Waals surface area contributed by atoms with Crippen molar-refractivity contribution in [2.24, 2.45) is 0 Å². The molecular weight excluding hydrogens is 220 g/mol. The van der Waals surface area contributed by atoms with E-state index in [-0.39, 0.29) is 0 Å². The number of hydrogen-bond donors (Lipinski definition) is 2. The monoisotopic (exact) mass is 240 g/mol. The summed E-state index contributed by atoms with van der Waals surface area (Å²) in [6, 6.07) is 1.94. The lowest BCUT2D eigenvalue weighted by atomic mass is 10.4. The van der Waals surface area contributed by atoms with Crippen molar-refractivity contribution in [3.8, 4) is 0 Å². The van der Waals surface area contributed by atoms with Crippen LogP contribution in [0.3, 0.4) is 0 Å². The van der Waals surface area contributed by atoms with Crippen LogP contribution in [0.15, 0.2) is 6.07 Å². The van der Waals surface area contributed by atoms with E-state index in [0.717, 1.165) is 30.4 Å². The van der Waals surface area contributed by atoms with Crippen molar-refractivity contribution in [1.82, 2.24) is 9.97 Å². The molecule has 2 N–H and O–H groups in total. The molecule has 1 aromatic rings. The van der Waals surface area contributed by atoms with E-state index in [1.807, 2.05) is 24.9 Å². The molecule has 0 radical (unpaired) electrons. The fraction of sp³-hybridized carbons (Fsp3) is 0.636. The van der Waals surface area contributed by atoms with Crippen molar-refractivity contribution in [2.45, 2.75) is 25.5 Å². The average molecular weight is 240 g/mol. The summed E-state index contributed by atoms with van der Waals surface area (Å²) in [4.78, 5) is 8.78. The number of aryl methyl sites for hydroxylation is 1. The van der Waals surface area contributed by atoms with Gasteiger partial charge in [0, 0.05) is 31.3 Å². The molecule has 0 spiro atoms. The second-order valence-corrected chi connectivity index (χ2v) is 4.86. The third kappa shape index (κ3) is 3.89. The Balaban J connectivity index is 2.71. The summed E-state index contributed by atoms with van der Waals surface area (Å²) >= 11 is 1.84. The van der Waals surface area contributed by atoms with E-state index in [9.17, 15) is 0 Å². The lowest BCUT2D eigenvalue weighted by Crippen LogP contribution is -2.14. The van der Waals surface area contributed by atoms with Crippen LogP contribution >= 0.6 is 11.8 Å². The molecule has 0 aliphatic carbocycles. The maximum Gasteiger partial charge on any atom is 0.132 e. The summed E-state index contributed by atoms with van der Waals surface area (Å²) in [5.74, 6) is 2.63. The SMILES string of the molecule is CCc1nc(NC)cc(NCC(C)SC)n1. The van der Waals surface area contributed by atoms with Gasteiger partial charge in [-0.1, -0.05) is 13.8 Å². The number of rotatable bonds is 6. The van der Waals surface area contributed by atoms with Crippen LogP contribution in [-0.4, -0.2) is 35.1 Å². The number of hydrogen-bond acceptors (Lipinski definition) is 5. The molecule has 1 aromatic heterocycles. The van der Waals surface area contributed by atoms with Gasteiger partial charge in [0.15, 0.2) is 0 Å². The van der Waals surface area contributed by atoms with Crippen molar-refractivity contribution in [2.75, 3.05) is 30.5 Å². The van der Waals surface area contributed by atoms with Gasteiger partial charge in [0.1, 0.15) is 17.5 Å². The van der Waals surface area contributed by atoms with Gasteiger partial charge >= 0.3 is 0 Å². The highest BCUT2D eigenvalue weighted by Gasteiger charge is 2.04. The third-order valence-corrected chi connectivity index (χ3v) is 3.29. The van der Waals surface area contributed by atoms with Crippen molar-refractivity contribution < 1.29 is 0 Å². The zero-order valence-corrected chi connectivity index (χ0v) is 11.2. The summed E-state index contributed by atoms with van der Waals surface area (Å²) in [7, 11) is 1.87. The van der Waals surface area contributed by atoms with Crippen LogP contribution in [0.5, 0.6) is 0 Å². The number of anilines is 2. The maximum atomic E-state index is 4.43.